The lowest BCUT2D eigenvalue weighted by atomic mass is 10.1. The molecular formula is C24H23N3O6. The maximum absolute atomic E-state index is 10.8. The molecule has 0 aliphatic rings. The van der Waals surface area contributed by atoms with Gasteiger partial charge in [0.25, 0.3) is 11.6 Å². The molecule has 0 bridgehead atoms. The number of ether oxygens (including phenoxy) is 3. The Morgan fingerprint density at radius 1 is 1.03 bits per heavy atom. The van der Waals surface area contributed by atoms with Crippen molar-refractivity contribution in [1.82, 2.24) is 15.0 Å². The van der Waals surface area contributed by atoms with Gasteiger partial charge in [0.1, 0.15) is 11.5 Å². The van der Waals surface area contributed by atoms with Gasteiger partial charge in [0, 0.05) is 5.56 Å². The second kappa shape index (κ2) is 9.56. The lowest BCUT2D eigenvalue weighted by Crippen LogP contribution is -2.10. The van der Waals surface area contributed by atoms with Gasteiger partial charge in [-0.1, -0.05) is 25.1 Å². The summed E-state index contributed by atoms with van der Waals surface area (Å²) in [6.45, 7) is 5.69. The number of aliphatic carboxylic acids is 1. The van der Waals surface area contributed by atoms with E-state index in [2.05, 4.69) is 15.0 Å². The van der Waals surface area contributed by atoms with Crippen LogP contribution in [0.3, 0.4) is 0 Å². The van der Waals surface area contributed by atoms with E-state index in [-0.39, 0.29) is 17.6 Å². The van der Waals surface area contributed by atoms with E-state index >= 15 is 0 Å². The van der Waals surface area contributed by atoms with E-state index in [0.29, 0.717) is 35.1 Å². The SMILES string of the molecule is CCCOc1nc(Oc2ccccc2)nc2oc(-c3cc(C)c(OCC(=O)O)c(C)c3)nc12. The molecule has 2 aromatic heterocycles. The lowest BCUT2D eigenvalue weighted by molar-refractivity contribution is -0.139. The highest BCUT2D eigenvalue weighted by Crippen LogP contribution is 2.34. The predicted octanol–water partition coefficient (Wildman–Crippen LogP) is 4.95. The van der Waals surface area contributed by atoms with E-state index in [9.17, 15) is 4.79 Å². The van der Waals surface area contributed by atoms with Crippen molar-refractivity contribution in [2.24, 2.45) is 0 Å². The molecule has 0 unspecified atom stereocenters. The van der Waals surface area contributed by atoms with Gasteiger partial charge in [0.05, 0.1) is 6.61 Å². The summed E-state index contributed by atoms with van der Waals surface area (Å²) in [4.78, 5) is 24.2. The lowest BCUT2D eigenvalue weighted by Gasteiger charge is -2.11. The zero-order valence-corrected chi connectivity index (χ0v) is 18.5. The molecule has 170 valence electrons. The number of carbonyl (C=O) groups is 1. The van der Waals surface area contributed by atoms with Crippen LogP contribution in [0, 0.1) is 13.8 Å². The van der Waals surface area contributed by atoms with Crippen LogP contribution in [0.1, 0.15) is 24.5 Å². The Hall–Kier alpha value is -4.14. The quantitative estimate of drug-likeness (QED) is 0.379. The summed E-state index contributed by atoms with van der Waals surface area (Å²) in [5.41, 5.74) is 2.84. The molecule has 2 heterocycles. The van der Waals surface area contributed by atoms with Gasteiger partial charge >= 0.3 is 12.0 Å². The molecule has 4 rings (SSSR count). The second-order valence-corrected chi connectivity index (χ2v) is 7.37. The minimum absolute atomic E-state index is 0.0901. The number of oxazole rings is 1. The first-order valence-electron chi connectivity index (χ1n) is 10.4. The Morgan fingerprint density at radius 2 is 1.76 bits per heavy atom. The Bertz CT molecular complexity index is 1260. The fourth-order valence-corrected chi connectivity index (χ4v) is 3.28. The highest BCUT2D eigenvalue weighted by atomic mass is 16.5. The average molecular weight is 449 g/mol. The molecule has 4 aromatic rings. The molecule has 9 nitrogen and oxygen atoms in total. The van der Waals surface area contributed by atoms with Gasteiger partial charge < -0.3 is 23.7 Å². The molecule has 0 aliphatic heterocycles. The Morgan fingerprint density at radius 3 is 2.42 bits per heavy atom. The highest BCUT2D eigenvalue weighted by molar-refractivity contribution is 5.78. The standard InChI is InChI=1S/C24H23N3O6/c1-4-10-30-22-19-23(27-24(26-22)32-17-8-6-5-7-9-17)33-21(25-19)16-11-14(2)20(15(3)12-16)31-13-18(28)29/h5-9,11-12H,4,10,13H2,1-3H3,(H,28,29). The van der Waals surface area contributed by atoms with E-state index in [4.69, 9.17) is 23.7 Å². The Kier molecular flexibility index (Phi) is 6.39. The molecule has 2 aromatic carbocycles. The summed E-state index contributed by atoms with van der Waals surface area (Å²) in [5.74, 6) is 0.665. The summed E-state index contributed by atoms with van der Waals surface area (Å²) < 4.78 is 22.9. The monoisotopic (exact) mass is 449 g/mol. The average Bonchev–Trinajstić information content (AvgIpc) is 3.21. The fourth-order valence-electron chi connectivity index (χ4n) is 3.28. The van der Waals surface area contributed by atoms with Crippen LogP contribution in [0.15, 0.2) is 46.9 Å². The van der Waals surface area contributed by atoms with Crippen molar-refractivity contribution in [3.8, 4) is 34.8 Å². The molecule has 0 saturated carbocycles. The number of hydrogen-bond acceptors (Lipinski definition) is 8. The summed E-state index contributed by atoms with van der Waals surface area (Å²) in [6, 6.07) is 12.9. The summed E-state index contributed by atoms with van der Waals surface area (Å²) in [5, 5.41) is 8.89. The van der Waals surface area contributed by atoms with Crippen molar-refractivity contribution < 1.29 is 28.5 Å². The van der Waals surface area contributed by atoms with Gasteiger partial charge in [0.2, 0.25) is 5.89 Å². The van der Waals surface area contributed by atoms with Crippen LogP contribution < -0.4 is 14.2 Å². The second-order valence-electron chi connectivity index (χ2n) is 7.37. The van der Waals surface area contributed by atoms with E-state index in [1.165, 1.54) is 0 Å². The topological polar surface area (TPSA) is 117 Å². The Labute approximate surface area is 190 Å². The van der Waals surface area contributed by atoms with E-state index in [1.807, 2.05) is 51.1 Å². The van der Waals surface area contributed by atoms with Gasteiger partial charge in [0.15, 0.2) is 12.1 Å². The van der Waals surface area contributed by atoms with Gasteiger partial charge in [-0.25, -0.2) is 9.78 Å². The van der Waals surface area contributed by atoms with Crippen LogP contribution in [-0.2, 0) is 4.79 Å². The number of nitrogens with zero attached hydrogens (tertiary/aromatic N) is 3. The molecular weight excluding hydrogens is 426 g/mol. The number of aryl methyl sites for hydroxylation is 2. The fraction of sp³-hybridized carbons (Fsp3) is 0.250. The molecule has 0 saturated heterocycles. The van der Waals surface area contributed by atoms with Gasteiger partial charge in [-0.05, 0) is 55.7 Å². The van der Waals surface area contributed by atoms with Crippen molar-refractivity contribution in [3.05, 3.63) is 53.6 Å². The van der Waals surface area contributed by atoms with Crippen LogP contribution in [0.25, 0.3) is 22.7 Å². The molecule has 0 fully saturated rings. The molecule has 0 aliphatic carbocycles. The number of rotatable bonds is 9. The summed E-state index contributed by atoms with van der Waals surface area (Å²) in [6.07, 6.45) is 0.793. The highest BCUT2D eigenvalue weighted by Gasteiger charge is 2.20. The number of carboxylic acid groups (broad SMARTS) is 1. The van der Waals surface area contributed by atoms with Crippen LogP contribution in [-0.4, -0.2) is 39.2 Å². The number of fused-ring (bicyclic) bond motifs is 1. The maximum Gasteiger partial charge on any atom is 0.341 e. The van der Waals surface area contributed by atoms with Gasteiger partial charge in [-0.15, -0.1) is 0 Å². The predicted molar refractivity (Wildman–Crippen MR) is 120 cm³/mol. The number of benzene rings is 2. The third kappa shape index (κ3) is 5.03. The van der Waals surface area contributed by atoms with E-state index < -0.39 is 12.6 Å². The molecule has 0 radical (unpaired) electrons. The van der Waals surface area contributed by atoms with Gasteiger partial charge in [-0.3, -0.25) is 0 Å². The molecule has 9 heteroatoms. The minimum atomic E-state index is -1.04. The Balaban J connectivity index is 1.72. The third-order valence-electron chi connectivity index (χ3n) is 4.65. The molecule has 0 atom stereocenters. The van der Waals surface area contributed by atoms with Crippen molar-refractivity contribution in [2.45, 2.75) is 27.2 Å². The summed E-state index contributed by atoms with van der Waals surface area (Å²) in [7, 11) is 0. The van der Waals surface area contributed by atoms with Crippen molar-refractivity contribution in [3.63, 3.8) is 0 Å². The zero-order chi connectivity index (χ0) is 23.4. The van der Waals surface area contributed by atoms with Crippen LogP contribution in [0.2, 0.25) is 0 Å². The minimum Gasteiger partial charge on any atom is -0.481 e. The van der Waals surface area contributed by atoms with Crippen molar-refractivity contribution in [1.29, 1.82) is 0 Å². The number of aromatic nitrogens is 3. The van der Waals surface area contributed by atoms with Crippen molar-refractivity contribution >= 4 is 17.2 Å². The number of hydrogen-bond donors (Lipinski definition) is 1. The van der Waals surface area contributed by atoms with Crippen LogP contribution in [0.5, 0.6) is 23.4 Å². The zero-order valence-electron chi connectivity index (χ0n) is 18.5. The number of carboxylic acids is 1. The molecule has 1 N–H and O–H groups in total. The number of para-hydroxylation sites is 1. The molecule has 0 amide bonds. The molecule has 0 spiro atoms. The third-order valence-corrected chi connectivity index (χ3v) is 4.65. The van der Waals surface area contributed by atoms with E-state index in [1.54, 1.807) is 12.1 Å². The first-order valence-corrected chi connectivity index (χ1v) is 10.4. The smallest absolute Gasteiger partial charge is 0.341 e. The summed E-state index contributed by atoms with van der Waals surface area (Å²) >= 11 is 0. The van der Waals surface area contributed by atoms with Crippen LogP contribution >= 0.6 is 0 Å². The van der Waals surface area contributed by atoms with E-state index in [0.717, 1.165) is 17.5 Å². The van der Waals surface area contributed by atoms with Crippen molar-refractivity contribution in [2.75, 3.05) is 13.2 Å². The van der Waals surface area contributed by atoms with Gasteiger partial charge in [-0.2, -0.15) is 9.97 Å². The normalized spacial score (nSPS) is 10.9. The first-order chi connectivity index (χ1) is 15.9. The van der Waals surface area contributed by atoms with Crippen LogP contribution in [0.4, 0.5) is 0 Å². The maximum atomic E-state index is 10.8. The largest absolute Gasteiger partial charge is 0.481 e. The molecule has 33 heavy (non-hydrogen) atoms. The first kappa shape index (κ1) is 22.1.